The Morgan fingerprint density at radius 2 is 2.09 bits per heavy atom. The third-order valence-corrected chi connectivity index (χ3v) is 5.21. The molecule has 1 atom stereocenters. The zero-order valence-corrected chi connectivity index (χ0v) is 13.2. The van der Waals surface area contributed by atoms with E-state index in [1.54, 1.807) is 27.6 Å². The Morgan fingerprint density at radius 3 is 2.77 bits per heavy atom. The summed E-state index contributed by atoms with van der Waals surface area (Å²) in [4.78, 5) is 14.2. The molecule has 0 aliphatic carbocycles. The summed E-state index contributed by atoms with van der Waals surface area (Å²) in [5.41, 5.74) is 1.21. The van der Waals surface area contributed by atoms with Gasteiger partial charge in [-0.3, -0.25) is 9.20 Å². The second-order valence-corrected chi connectivity index (χ2v) is 7.42. The van der Waals surface area contributed by atoms with Gasteiger partial charge < -0.3 is 4.90 Å². The lowest BCUT2D eigenvalue weighted by Crippen LogP contribution is -2.55. The molecule has 22 heavy (non-hydrogen) atoms. The summed E-state index contributed by atoms with van der Waals surface area (Å²) in [5.74, 6) is -0.115. The molecule has 0 radical (unpaired) electrons. The van der Waals surface area contributed by atoms with Crippen molar-refractivity contribution in [2.45, 2.75) is 13.0 Å². The average Bonchev–Trinajstić information content (AvgIpc) is 2.92. The van der Waals surface area contributed by atoms with Crippen LogP contribution in [0.3, 0.4) is 0 Å². The predicted octanol–water partition coefficient (Wildman–Crippen LogP) is -0.165. The molecule has 1 aliphatic rings. The number of sulfonamides is 1. The molecule has 1 saturated heterocycles. The number of nitrogens with zero attached hydrogens (tertiary/aromatic N) is 5. The van der Waals surface area contributed by atoms with E-state index in [0.29, 0.717) is 30.8 Å². The Bertz CT molecular complexity index is 816. The zero-order valence-electron chi connectivity index (χ0n) is 12.4. The van der Waals surface area contributed by atoms with Gasteiger partial charge in [0.1, 0.15) is 6.33 Å². The fourth-order valence-electron chi connectivity index (χ4n) is 2.75. The molecule has 3 heterocycles. The van der Waals surface area contributed by atoms with Gasteiger partial charge in [-0.25, -0.2) is 8.42 Å². The highest BCUT2D eigenvalue weighted by atomic mass is 32.2. The molecule has 0 spiro atoms. The number of rotatable bonds is 2. The maximum Gasteiger partial charge on any atom is 0.255 e. The number of hydrogen-bond donors (Lipinski definition) is 0. The van der Waals surface area contributed by atoms with Crippen LogP contribution in [0.2, 0.25) is 0 Å². The molecule has 0 aromatic carbocycles. The standard InChI is InChI=1S/C13H17N5O3S/c1-10-7-16(5-6-18(10)22(2,20)21)13(19)11-3-4-12-15-14-9-17(12)8-11/h3-4,8-10H,5-7H2,1-2H3/t10-/m0/s1. The molecule has 1 amide bonds. The van der Waals surface area contributed by atoms with Crippen molar-refractivity contribution in [2.75, 3.05) is 25.9 Å². The van der Waals surface area contributed by atoms with Crippen LogP contribution >= 0.6 is 0 Å². The summed E-state index contributed by atoms with van der Waals surface area (Å²) < 4.78 is 26.4. The number of carbonyl (C=O) groups is 1. The Labute approximate surface area is 128 Å². The first-order chi connectivity index (χ1) is 10.4. The van der Waals surface area contributed by atoms with Crippen LogP contribution in [0.15, 0.2) is 24.7 Å². The van der Waals surface area contributed by atoms with E-state index in [0.717, 1.165) is 0 Å². The van der Waals surface area contributed by atoms with E-state index in [2.05, 4.69) is 10.2 Å². The molecule has 9 heteroatoms. The summed E-state index contributed by atoms with van der Waals surface area (Å²) in [6, 6.07) is 3.21. The van der Waals surface area contributed by atoms with E-state index in [9.17, 15) is 13.2 Å². The molecule has 0 N–H and O–H groups in total. The molecule has 2 aromatic rings. The van der Waals surface area contributed by atoms with E-state index >= 15 is 0 Å². The monoisotopic (exact) mass is 323 g/mol. The maximum absolute atomic E-state index is 12.6. The number of piperazine rings is 1. The van der Waals surface area contributed by atoms with Crippen molar-refractivity contribution in [2.24, 2.45) is 0 Å². The van der Waals surface area contributed by atoms with Gasteiger partial charge in [0.05, 0.1) is 11.8 Å². The van der Waals surface area contributed by atoms with E-state index < -0.39 is 10.0 Å². The van der Waals surface area contributed by atoms with Crippen LogP contribution in [-0.4, -0.2) is 70.1 Å². The lowest BCUT2D eigenvalue weighted by molar-refractivity contribution is 0.0642. The third-order valence-electron chi connectivity index (χ3n) is 3.82. The fourth-order valence-corrected chi connectivity index (χ4v) is 3.89. The van der Waals surface area contributed by atoms with Gasteiger partial charge in [0, 0.05) is 31.9 Å². The Balaban J connectivity index is 1.79. The molecular formula is C13H17N5O3S. The van der Waals surface area contributed by atoms with Gasteiger partial charge in [-0.15, -0.1) is 10.2 Å². The SMILES string of the molecule is C[C@H]1CN(C(=O)c2ccc3nncn3c2)CCN1S(C)(=O)=O. The molecule has 1 fully saturated rings. The highest BCUT2D eigenvalue weighted by Crippen LogP contribution is 2.16. The van der Waals surface area contributed by atoms with Gasteiger partial charge in [-0.1, -0.05) is 0 Å². The molecule has 0 bridgehead atoms. The molecule has 2 aromatic heterocycles. The molecule has 118 valence electrons. The van der Waals surface area contributed by atoms with Gasteiger partial charge in [0.15, 0.2) is 5.65 Å². The lowest BCUT2D eigenvalue weighted by Gasteiger charge is -2.38. The molecular weight excluding hydrogens is 306 g/mol. The van der Waals surface area contributed by atoms with Crippen molar-refractivity contribution in [1.29, 1.82) is 0 Å². The second kappa shape index (κ2) is 5.33. The Morgan fingerprint density at radius 1 is 1.32 bits per heavy atom. The maximum atomic E-state index is 12.6. The van der Waals surface area contributed by atoms with Crippen LogP contribution < -0.4 is 0 Å². The lowest BCUT2D eigenvalue weighted by atomic mass is 10.2. The predicted molar refractivity (Wildman–Crippen MR) is 79.9 cm³/mol. The average molecular weight is 323 g/mol. The Hall–Kier alpha value is -2.00. The van der Waals surface area contributed by atoms with Crippen molar-refractivity contribution in [3.63, 3.8) is 0 Å². The van der Waals surface area contributed by atoms with Gasteiger partial charge in [-0.2, -0.15) is 4.31 Å². The van der Waals surface area contributed by atoms with Crippen LogP contribution in [0, 0.1) is 0 Å². The number of fused-ring (bicyclic) bond motifs is 1. The number of pyridine rings is 1. The van der Waals surface area contributed by atoms with Crippen LogP contribution in [-0.2, 0) is 10.0 Å². The minimum Gasteiger partial charge on any atom is -0.336 e. The summed E-state index contributed by atoms with van der Waals surface area (Å²) in [5, 5.41) is 7.67. The highest BCUT2D eigenvalue weighted by molar-refractivity contribution is 7.88. The highest BCUT2D eigenvalue weighted by Gasteiger charge is 2.32. The molecule has 1 aliphatic heterocycles. The van der Waals surface area contributed by atoms with E-state index in [-0.39, 0.29) is 11.9 Å². The minimum absolute atomic E-state index is 0.115. The van der Waals surface area contributed by atoms with Crippen LogP contribution in [0.5, 0.6) is 0 Å². The largest absolute Gasteiger partial charge is 0.336 e. The van der Waals surface area contributed by atoms with Crippen molar-refractivity contribution >= 4 is 21.6 Å². The summed E-state index contributed by atoms with van der Waals surface area (Å²) in [6.45, 7) is 2.90. The summed E-state index contributed by atoms with van der Waals surface area (Å²) in [6.07, 6.45) is 4.42. The topological polar surface area (TPSA) is 87.9 Å². The minimum atomic E-state index is -3.24. The van der Waals surface area contributed by atoms with Gasteiger partial charge in [-0.05, 0) is 19.1 Å². The number of amides is 1. The molecule has 3 rings (SSSR count). The second-order valence-electron chi connectivity index (χ2n) is 5.49. The first-order valence-corrected chi connectivity index (χ1v) is 8.76. The Kier molecular flexibility index (Phi) is 3.61. The number of hydrogen-bond acceptors (Lipinski definition) is 5. The van der Waals surface area contributed by atoms with Crippen molar-refractivity contribution in [3.05, 3.63) is 30.2 Å². The summed E-state index contributed by atoms with van der Waals surface area (Å²) >= 11 is 0. The third kappa shape index (κ3) is 2.69. The normalized spacial score (nSPS) is 20.5. The van der Waals surface area contributed by atoms with Gasteiger partial charge >= 0.3 is 0 Å². The van der Waals surface area contributed by atoms with Crippen molar-refractivity contribution in [1.82, 2.24) is 23.8 Å². The van der Waals surface area contributed by atoms with Gasteiger partial charge in [0.2, 0.25) is 10.0 Å². The van der Waals surface area contributed by atoms with Crippen molar-refractivity contribution < 1.29 is 13.2 Å². The van der Waals surface area contributed by atoms with Gasteiger partial charge in [0.25, 0.3) is 5.91 Å². The molecule has 0 unspecified atom stereocenters. The van der Waals surface area contributed by atoms with Crippen LogP contribution in [0.1, 0.15) is 17.3 Å². The summed E-state index contributed by atoms with van der Waals surface area (Å²) in [7, 11) is -3.24. The first-order valence-electron chi connectivity index (χ1n) is 6.92. The van der Waals surface area contributed by atoms with Crippen molar-refractivity contribution in [3.8, 4) is 0 Å². The molecule has 8 nitrogen and oxygen atoms in total. The number of carbonyl (C=O) groups excluding carboxylic acids is 1. The van der Waals surface area contributed by atoms with E-state index in [4.69, 9.17) is 0 Å². The molecule has 0 saturated carbocycles. The quantitative estimate of drug-likeness (QED) is 0.766. The number of aromatic nitrogens is 3. The van der Waals surface area contributed by atoms with E-state index in [1.807, 2.05) is 6.92 Å². The smallest absolute Gasteiger partial charge is 0.255 e. The zero-order chi connectivity index (χ0) is 15.9. The van der Waals surface area contributed by atoms with E-state index in [1.165, 1.54) is 16.9 Å². The fraction of sp³-hybridized carbons (Fsp3) is 0.462. The van der Waals surface area contributed by atoms with Crippen LogP contribution in [0.25, 0.3) is 5.65 Å². The van der Waals surface area contributed by atoms with Crippen LogP contribution in [0.4, 0.5) is 0 Å². The first kappa shape index (κ1) is 14.9.